The monoisotopic (exact) mass is 334 g/mol. The number of carbonyl (C=O) groups is 1. The topological polar surface area (TPSA) is 41.1 Å². The van der Waals surface area contributed by atoms with E-state index in [9.17, 15) is 9.18 Å². The molecule has 0 fully saturated rings. The van der Waals surface area contributed by atoms with E-state index >= 15 is 0 Å². The minimum Gasteiger partial charge on any atom is -0.374 e. The Labute approximate surface area is 140 Å². The summed E-state index contributed by atoms with van der Waals surface area (Å²) in [5.74, 6) is -0.691. The summed E-state index contributed by atoms with van der Waals surface area (Å²) in [6.45, 7) is 4.08. The van der Waals surface area contributed by atoms with E-state index in [0.29, 0.717) is 5.02 Å². The smallest absolute Gasteiger partial charge is 0.243 e. The van der Waals surface area contributed by atoms with Crippen molar-refractivity contribution in [3.63, 3.8) is 0 Å². The van der Waals surface area contributed by atoms with Crippen LogP contribution in [-0.2, 0) is 17.6 Å². The molecule has 0 spiro atoms. The van der Waals surface area contributed by atoms with Gasteiger partial charge < -0.3 is 10.6 Å². The highest BCUT2D eigenvalue weighted by molar-refractivity contribution is 6.30. The second kappa shape index (κ2) is 7.97. The first-order valence-corrected chi connectivity index (χ1v) is 8.02. The highest BCUT2D eigenvalue weighted by atomic mass is 35.5. The lowest BCUT2D eigenvalue weighted by Crippen LogP contribution is -2.23. The van der Waals surface area contributed by atoms with Gasteiger partial charge in [0, 0.05) is 10.7 Å². The number of anilines is 2. The minimum atomic E-state index is -0.478. The Balaban J connectivity index is 2.05. The van der Waals surface area contributed by atoms with Crippen molar-refractivity contribution in [3.05, 3.63) is 58.4 Å². The van der Waals surface area contributed by atoms with E-state index in [4.69, 9.17) is 11.6 Å². The molecule has 0 saturated heterocycles. The number of halogens is 2. The van der Waals surface area contributed by atoms with Crippen LogP contribution in [0.1, 0.15) is 25.0 Å². The van der Waals surface area contributed by atoms with E-state index in [2.05, 4.69) is 10.6 Å². The fourth-order valence-corrected chi connectivity index (χ4v) is 2.55. The summed E-state index contributed by atoms with van der Waals surface area (Å²) in [7, 11) is 0. The number of carbonyl (C=O) groups excluding carboxylic acids is 1. The van der Waals surface area contributed by atoms with E-state index in [0.717, 1.165) is 29.7 Å². The van der Waals surface area contributed by atoms with Gasteiger partial charge in [-0.1, -0.05) is 43.6 Å². The van der Waals surface area contributed by atoms with Crippen molar-refractivity contribution >= 4 is 28.9 Å². The maximum Gasteiger partial charge on any atom is 0.243 e. The molecular weight excluding hydrogens is 315 g/mol. The zero-order valence-corrected chi connectivity index (χ0v) is 14.0. The lowest BCUT2D eigenvalue weighted by atomic mass is 10.0. The summed E-state index contributed by atoms with van der Waals surface area (Å²) < 4.78 is 13.7. The molecule has 122 valence electrons. The molecule has 1 amide bonds. The highest BCUT2D eigenvalue weighted by Crippen LogP contribution is 2.23. The van der Waals surface area contributed by atoms with Crippen LogP contribution in [-0.4, -0.2) is 12.5 Å². The number of amides is 1. The molecule has 0 aromatic heterocycles. The standard InChI is InChI=1S/C18H20ClFN2O/c1-3-12-6-5-7-13(4-2)18(12)22-17(23)11-21-16-9-8-14(19)10-15(16)20/h5-10,21H,3-4,11H2,1-2H3,(H,22,23). The maximum absolute atomic E-state index is 13.7. The number of aryl methyl sites for hydroxylation is 2. The predicted molar refractivity (Wildman–Crippen MR) is 93.7 cm³/mol. The zero-order chi connectivity index (χ0) is 16.8. The Hall–Kier alpha value is -2.07. The molecule has 2 N–H and O–H groups in total. The average Bonchev–Trinajstić information content (AvgIpc) is 2.54. The first-order chi connectivity index (χ1) is 11.0. The molecule has 0 aliphatic heterocycles. The molecule has 2 aromatic rings. The Morgan fingerprint density at radius 2 is 1.78 bits per heavy atom. The van der Waals surface area contributed by atoms with Crippen LogP contribution in [0.4, 0.5) is 15.8 Å². The zero-order valence-electron chi connectivity index (χ0n) is 13.2. The number of rotatable bonds is 6. The first-order valence-electron chi connectivity index (χ1n) is 7.64. The summed E-state index contributed by atoms with van der Waals surface area (Å²) in [5.41, 5.74) is 3.30. The molecule has 0 unspecified atom stereocenters. The lowest BCUT2D eigenvalue weighted by molar-refractivity contribution is -0.114. The summed E-state index contributed by atoms with van der Waals surface area (Å²) in [6, 6.07) is 10.3. The molecular formula is C18H20ClFN2O. The number of nitrogens with one attached hydrogen (secondary N) is 2. The second-order valence-electron chi connectivity index (χ2n) is 5.18. The Bertz CT molecular complexity index is 681. The summed E-state index contributed by atoms with van der Waals surface area (Å²) in [4.78, 5) is 12.2. The molecule has 2 aromatic carbocycles. The van der Waals surface area contributed by atoms with Gasteiger partial charge in [-0.05, 0) is 42.2 Å². The molecule has 0 atom stereocenters. The Kier molecular flexibility index (Phi) is 5.99. The third-order valence-electron chi connectivity index (χ3n) is 3.63. The van der Waals surface area contributed by atoms with Crippen molar-refractivity contribution in [3.8, 4) is 0 Å². The van der Waals surface area contributed by atoms with Gasteiger partial charge in [-0.25, -0.2) is 4.39 Å². The Morgan fingerprint density at radius 3 is 2.35 bits per heavy atom. The van der Waals surface area contributed by atoms with Crippen LogP contribution < -0.4 is 10.6 Å². The van der Waals surface area contributed by atoms with Crippen LogP contribution in [0, 0.1) is 5.82 Å². The molecule has 0 aliphatic carbocycles. The fourth-order valence-electron chi connectivity index (χ4n) is 2.40. The largest absolute Gasteiger partial charge is 0.374 e. The van der Waals surface area contributed by atoms with Gasteiger partial charge in [0.15, 0.2) is 0 Å². The summed E-state index contributed by atoms with van der Waals surface area (Å²) in [6.07, 6.45) is 1.67. The van der Waals surface area contributed by atoms with Crippen molar-refractivity contribution in [2.24, 2.45) is 0 Å². The molecule has 0 aliphatic rings. The van der Waals surface area contributed by atoms with Crippen LogP contribution in [0.15, 0.2) is 36.4 Å². The van der Waals surface area contributed by atoms with Crippen molar-refractivity contribution in [2.45, 2.75) is 26.7 Å². The van der Waals surface area contributed by atoms with Crippen molar-refractivity contribution in [1.29, 1.82) is 0 Å². The first kappa shape index (κ1) is 17.3. The normalized spacial score (nSPS) is 10.4. The number of para-hydroxylation sites is 1. The van der Waals surface area contributed by atoms with E-state index < -0.39 is 5.82 Å². The Morgan fingerprint density at radius 1 is 1.13 bits per heavy atom. The van der Waals surface area contributed by atoms with Gasteiger partial charge in [0.1, 0.15) is 5.82 Å². The van der Waals surface area contributed by atoms with Gasteiger partial charge in [0.2, 0.25) is 5.91 Å². The van der Waals surface area contributed by atoms with Crippen LogP contribution in [0.25, 0.3) is 0 Å². The van der Waals surface area contributed by atoms with Gasteiger partial charge in [-0.15, -0.1) is 0 Å². The molecule has 5 heteroatoms. The molecule has 0 saturated carbocycles. The SMILES string of the molecule is CCc1cccc(CC)c1NC(=O)CNc1ccc(Cl)cc1F. The summed E-state index contributed by atoms with van der Waals surface area (Å²) >= 11 is 5.71. The minimum absolute atomic E-state index is 0.0141. The van der Waals surface area contributed by atoms with Crippen LogP contribution >= 0.6 is 11.6 Å². The number of hydrogen-bond donors (Lipinski definition) is 2. The average molecular weight is 335 g/mol. The second-order valence-corrected chi connectivity index (χ2v) is 5.62. The maximum atomic E-state index is 13.7. The van der Waals surface area contributed by atoms with Gasteiger partial charge in [0.05, 0.1) is 12.2 Å². The van der Waals surface area contributed by atoms with E-state index in [1.165, 1.54) is 12.1 Å². The molecule has 0 heterocycles. The quantitative estimate of drug-likeness (QED) is 0.807. The van der Waals surface area contributed by atoms with E-state index in [1.54, 1.807) is 6.07 Å². The third-order valence-corrected chi connectivity index (χ3v) is 3.87. The van der Waals surface area contributed by atoms with Crippen molar-refractivity contribution in [2.75, 3.05) is 17.2 Å². The van der Waals surface area contributed by atoms with E-state index in [1.807, 2.05) is 32.0 Å². The molecule has 2 rings (SSSR count). The fraction of sp³-hybridized carbons (Fsp3) is 0.278. The number of benzene rings is 2. The van der Waals surface area contributed by atoms with Crippen LogP contribution in [0.3, 0.4) is 0 Å². The number of hydrogen-bond acceptors (Lipinski definition) is 2. The van der Waals surface area contributed by atoms with Gasteiger partial charge in [-0.3, -0.25) is 4.79 Å². The van der Waals surface area contributed by atoms with Crippen molar-refractivity contribution in [1.82, 2.24) is 0 Å². The van der Waals surface area contributed by atoms with Crippen LogP contribution in [0.5, 0.6) is 0 Å². The van der Waals surface area contributed by atoms with Gasteiger partial charge in [0.25, 0.3) is 0 Å². The summed E-state index contributed by atoms with van der Waals surface area (Å²) in [5, 5.41) is 6.04. The molecule has 0 bridgehead atoms. The third kappa shape index (κ3) is 4.45. The molecule has 0 radical (unpaired) electrons. The molecule has 3 nitrogen and oxygen atoms in total. The lowest BCUT2D eigenvalue weighted by Gasteiger charge is -2.15. The van der Waals surface area contributed by atoms with Gasteiger partial charge >= 0.3 is 0 Å². The van der Waals surface area contributed by atoms with Gasteiger partial charge in [-0.2, -0.15) is 0 Å². The predicted octanol–water partition coefficient (Wildman–Crippen LogP) is 4.65. The van der Waals surface area contributed by atoms with Crippen molar-refractivity contribution < 1.29 is 9.18 Å². The van der Waals surface area contributed by atoms with E-state index in [-0.39, 0.29) is 18.1 Å². The molecule has 23 heavy (non-hydrogen) atoms. The highest BCUT2D eigenvalue weighted by Gasteiger charge is 2.11. The van der Waals surface area contributed by atoms with Crippen LogP contribution in [0.2, 0.25) is 5.02 Å².